The van der Waals surface area contributed by atoms with Crippen molar-refractivity contribution in [1.29, 1.82) is 0 Å². The molecule has 150 valence electrons. The lowest BCUT2D eigenvalue weighted by Gasteiger charge is -2.32. The van der Waals surface area contributed by atoms with Gasteiger partial charge in [-0.25, -0.2) is 0 Å². The number of carbonyl (C=O) groups excluding carboxylic acids is 1. The number of nitrogens with one attached hydrogen (secondary N) is 2. The molecule has 1 unspecified atom stereocenters. The van der Waals surface area contributed by atoms with Gasteiger partial charge in [0.15, 0.2) is 0 Å². The monoisotopic (exact) mass is 388 g/mol. The minimum atomic E-state index is -4.66. The maximum atomic E-state index is 12.7. The number of hydrogen-bond acceptors (Lipinski definition) is 5. The third-order valence-corrected chi connectivity index (χ3v) is 4.54. The minimum absolute atomic E-state index is 0.0347. The summed E-state index contributed by atoms with van der Waals surface area (Å²) >= 11 is 0. The zero-order valence-corrected chi connectivity index (χ0v) is 15.0. The third kappa shape index (κ3) is 5.81. The van der Waals surface area contributed by atoms with Crippen molar-refractivity contribution >= 4 is 17.3 Å². The van der Waals surface area contributed by atoms with Crippen LogP contribution in [-0.2, 0) is 11.0 Å². The van der Waals surface area contributed by atoms with Crippen LogP contribution in [0.5, 0.6) is 0 Å². The van der Waals surface area contributed by atoms with Crippen molar-refractivity contribution in [2.45, 2.75) is 25.4 Å². The molecule has 1 aliphatic heterocycles. The second-order valence-electron chi connectivity index (χ2n) is 6.57. The van der Waals surface area contributed by atoms with Gasteiger partial charge in [0.1, 0.15) is 5.69 Å². The molecule has 0 bridgehead atoms. The van der Waals surface area contributed by atoms with Gasteiger partial charge in [0.05, 0.1) is 10.5 Å². The number of halogens is 3. The molecule has 1 atom stereocenters. The molecular weight excluding hydrogens is 365 g/mol. The topological polar surface area (TPSA) is 87.5 Å². The second kappa shape index (κ2) is 9.03. The van der Waals surface area contributed by atoms with Crippen LogP contribution in [0.3, 0.4) is 0 Å². The largest absolute Gasteiger partial charge is 0.416 e. The molecule has 1 fully saturated rings. The maximum absolute atomic E-state index is 12.7. The molecule has 1 aromatic rings. The molecule has 0 radical (unpaired) electrons. The van der Waals surface area contributed by atoms with Crippen LogP contribution < -0.4 is 10.6 Å². The average Bonchev–Trinajstić information content (AvgIpc) is 2.61. The highest BCUT2D eigenvalue weighted by molar-refractivity contribution is 5.77. The van der Waals surface area contributed by atoms with Gasteiger partial charge in [0.2, 0.25) is 5.91 Å². The molecule has 0 aliphatic carbocycles. The van der Waals surface area contributed by atoms with E-state index in [1.54, 1.807) is 4.90 Å². The molecular formula is C17H23F3N4O3. The minimum Gasteiger partial charge on any atom is -0.379 e. The van der Waals surface area contributed by atoms with E-state index >= 15 is 0 Å². The van der Waals surface area contributed by atoms with Crippen LogP contribution in [0.2, 0.25) is 0 Å². The fraction of sp³-hybridized carbons (Fsp3) is 0.588. The Bertz CT molecular complexity index is 680. The number of anilines is 1. The molecule has 1 heterocycles. The van der Waals surface area contributed by atoms with E-state index in [2.05, 4.69) is 10.6 Å². The lowest BCUT2D eigenvalue weighted by molar-refractivity contribution is -0.384. The van der Waals surface area contributed by atoms with Crippen LogP contribution in [0.4, 0.5) is 24.5 Å². The van der Waals surface area contributed by atoms with E-state index in [-0.39, 0.29) is 24.6 Å². The molecule has 1 amide bonds. The van der Waals surface area contributed by atoms with Gasteiger partial charge in [-0.2, -0.15) is 13.2 Å². The van der Waals surface area contributed by atoms with Crippen molar-refractivity contribution in [3.63, 3.8) is 0 Å². The van der Waals surface area contributed by atoms with Gasteiger partial charge < -0.3 is 15.5 Å². The zero-order valence-electron chi connectivity index (χ0n) is 15.0. The van der Waals surface area contributed by atoms with Gasteiger partial charge in [-0.3, -0.25) is 14.9 Å². The van der Waals surface area contributed by atoms with Crippen LogP contribution in [0.15, 0.2) is 18.2 Å². The molecule has 0 aromatic heterocycles. The number of nitrogens with zero attached hydrogens (tertiary/aromatic N) is 2. The molecule has 2 rings (SSSR count). The summed E-state index contributed by atoms with van der Waals surface area (Å²) < 4.78 is 38.1. The number of nitro benzene ring substituents is 1. The summed E-state index contributed by atoms with van der Waals surface area (Å²) in [4.78, 5) is 24.3. The Balaban J connectivity index is 1.94. The number of likely N-dealkylation sites (tertiary alicyclic amines) is 1. The summed E-state index contributed by atoms with van der Waals surface area (Å²) in [5.41, 5.74) is -1.78. The van der Waals surface area contributed by atoms with Crippen LogP contribution >= 0.6 is 0 Å². The first-order valence-corrected chi connectivity index (χ1v) is 8.74. The van der Waals surface area contributed by atoms with E-state index in [1.165, 1.54) is 0 Å². The van der Waals surface area contributed by atoms with Crippen LogP contribution in [0.1, 0.15) is 24.8 Å². The van der Waals surface area contributed by atoms with Crippen LogP contribution in [0.25, 0.3) is 0 Å². The number of rotatable bonds is 7. The number of benzene rings is 1. The summed E-state index contributed by atoms with van der Waals surface area (Å²) in [7, 11) is 1.86. The Morgan fingerprint density at radius 3 is 2.78 bits per heavy atom. The highest BCUT2D eigenvalue weighted by Crippen LogP contribution is 2.34. The zero-order chi connectivity index (χ0) is 20.0. The summed E-state index contributed by atoms with van der Waals surface area (Å²) in [5.74, 6) is 0.328. The molecule has 0 saturated carbocycles. The lowest BCUT2D eigenvalue weighted by Crippen LogP contribution is -2.42. The molecule has 0 spiro atoms. The highest BCUT2D eigenvalue weighted by atomic mass is 19.4. The Kier molecular flexibility index (Phi) is 7.00. The fourth-order valence-electron chi connectivity index (χ4n) is 3.22. The van der Waals surface area contributed by atoms with E-state index in [9.17, 15) is 28.1 Å². The quantitative estimate of drug-likeness (QED) is 0.554. The fourth-order valence-corrected chi connectivity index (χ4v) is 3.22. The predicted octanol–water partition coefficient (Wildman–Crippen LogP) is 2.87. The SMILES string of the molecule is CNCC1CCCN(C(=O)CCNc2ccc(C(F)(F)F)cc2[N+](=O)[O-])C1. The highest BCUT2D eigenvalue weighted by Gasteiger charge is 2.33. The Hall–Kier alpha value is -2.36. The molecule has 7 nitrogen and oxygen atoms in total. The van der Waals surface area contributed by atoms with Crippen molar-refractivity contribution in [2.75, 3.05) is 38.5 Å². The first kappa shape index (κ1) is 20.9. The summed E-state index contributed by atoms with van der Waals surface area (Å²) in [6, 6.07) is 2.30. The first-order valence-electron chi connectivity index (χ1n) is 8.74. The molecule has 1 aromatic carbocycles. The molecule has 10 heteroatoms. The number of hydrogen-bond donors (Lipinski definition) is 2. The maximum Gasteiger partial charge on any atom is 0.416 e. The normalized spacial score (nSPS) is 17.6. The molecule has 27 heavy (non-hydrogen) atoms. The van der Waals surface area contributed by atoms with Crippen molar-refractivity contribution in [2.24, 2.45) is 5.92 Å². The van der Waals surface area contributed by atoms with E-state index < -0.39 is 22.4 Å². The van der Waals surface area contributed by atoms with Crippen molar-refractivity contribution in [3.8, 4) is 0 Å². The predicted molar refractivity (Wildman–Crippen MR) is 94.4 cm³/mol. The standard InChI is InChI=1S/C17H23F3N4O3/c1-21-10-12-3-2-8-23(11-12)16(25)6-7-22-14-5-4-13(17(18,19)20)9-15(14)24(26)27/h4-5,9,12,21-22H,2-3,6-8,10-11H2,1H3. The lowest BCUT2D eigenvalue weighted by atomic mass is 9.98. The summed E-state index contributed by atoms with van der Waals surface area (Å²) in [6.07, 6.45) is -2.56. The summed E-state index contributed by atoms with van der Waals surface area (Å²) in [6.45, 7) is 2.29. The van der Waals surface area contributed by atoms with E-state index in [0.717, 1.165) is 31.5 Å². The Morgan fingerprint density at radius 2 is 2.15 bits per heavy atom. The Morgan fingerprint density at radius 1 is 1.41 bits per heavy atom. The molecule has 1 saturated heterocycles. The first-order chi connectivity index (χ1) is 12.7. The number of nitro groups is 1. The molecule has 2 N–H and O–H groups in total. The van der Waals surface area contributed by atoms with E-state index in [4.69, 9.17) is 0 Å². The van der Waals surface area contributed by atoms with Gasteiger partial charge in [-0.1, -0.05) is 0 Å². The van der Waals surface area contributed by atoms with Crippen LogP contribution in [0, 0.1) is 16.0 Å². The van der Waals surface area contributed by atoms with Crippen molar-refractivity contribution in [1.82, 2.24) is 10.2 Å². The third-order valence-electron chi connectivity index (χ3n) is 4.54. The van der Waals surface area contributed by atoms with E-state index in [1.807, 2.05) is 7.05 Å². The van der Waals surface area contributed by atoms with Crippen LogP contribution in [-0.4, -0.2) is 49.0 Å². The second-order valence-corrected chi connectivity index (χ2v) is 6.57. The molecule has 1 aliphatic rings. The van der Waals surface area contributed by atoms with Gasteiger partial charge in [-0.05, 0) is 44.5 Å². The number of piperidine rings is 1. The van der Waals surface area contributed by atoms with Gasteiger partial charge in [0, 0.05) is 32.1 Å². The van der Waals surface area contributed by atoms with Gasteiger partial charge >= 0.3 is 6.18 Å². The number of amides is 1. The van der Waals surface area contributed by atoms with Crippen molar-refractivity contribution in [3.05, 3.63) is 33.9 Å². The smallest absolute Gasteiger partial charge is 0.379 e. The number of carbonyl (C=O) groups is 1. The Labute approximate surface area is 155 Å². The van der Waals surface area contributed by atoms with Crippen molar-refractivity contribution < 1.29 is 22.9 Å². The van der Waals surface area contributed by atoms with E-state index in [0.29, 0.717) is 25.1 Å². The van der Waals surface area contributed by atoms with Gasteiger partial charge in [-0.15, -0.1) is 0 Å². The number of alkyl halides is 3. The summed E-state index contributed by atoms with van der Waals surface area (Å²) in [5, 5.41) is 16.9. The average molecular weight is 388 g/mol. The van der Waals surface area contributed by atoms with Gasteiger partial charge in [0.25, 0.3) is 5.69 Å².